The summed E-state index contributed by atoms with van der Waals surface area (Å²) in [7, 11) is 0. The molecule has 0 saturated carbocycles. The molecule has 0 radical (unpaired) electrons. The smallest absolute Gasteiger partial charge is 0.333 e. The van der Waals surface area contributed by atoms with Crippen LogP contribution in [0.1, 0.15) is 6.42 Å². The van der Waals surface area contributed by atoms with Crippen molar-refractivity contribution in [3.8, 4) is 0 Å². The first-order chi connectivity index (χ1) is 4.59. The Morgan fingerprint density at radius 3 is 2.40 bits per heavy atom. The maximum Gasteiger partial charge on any atom is 0.333 e. The van der Waals surface area contributed by atoms with Gasteiger partial charge in [0.2, 0.25) is 0 Å². The molecule has 4 nitrogen and oxygen atoms in total. The lowest BCUT2D eigenvalue weighted by molar-refractivity contribution is -0.133. The van der Waals surface area contributed by atoms with Crippen LogP contribution in [0.25, 0.3) is 0 Å². The number of hydrogen-bond acceptors (Lipinski definition) is 3. The molecule has 0 aliphatic carbocycles. The van der Waals surface area contributed by atoms with E-state index in [9.17, 15) is 4.79 Å². The Kier molecular flexibility index (Phi) is 3.68. The third kappa shape index (κ3) is 2.61. The molecule has 1 unspecified atom stereocenters. The van der Waals surface area contributed by atoms with E-state index < -0.39 is 12.1 Å². The maximum atomic E-state index is 10.1. The molecule has 0 aromatic carbocycles. The first-order valence-electron chi connectivity index (χ1n) is 2.80. The van der Waals surface area contributed by atoms with Gasteiger partial charge in [-0.15, -0.1) is 0 Å². The first kappa shape index (κ1) is 9.13. The van der Waals surface area contributed by atoms with Crippen LogP contribution in [-0.4, -0.2) is 34.0 Å². The molecule has 0 amide bonds. The molecule has 4 heteroatoms. The van der Waals surface area contributed by atoms with Crippen LogP contribution in [-0.2, 0) is 4.79 Å². The zero-order valence-electron chi connectivity index (χ0n) is 5.45. The largest absolute Gasteiger partial charge is 0.478 e. The Balaban J connectivity index is 3.82. The van der Waals surface area contributed by atoms with E-state index in [0.717, 1.165) is 0 Å². The summed E-state index contributed by atoms with van der Waals surface area (Å²) in [5.41, 5.74) is -0.283. The van der Waals surface area contributed by atoms with Crippen molar-refractivity contribution >= 4 is 5.97 Å². The second kappa shape index (κ2) is 4.03. The molecule has 0 spiro atoms. The highest BCUT2D eigenvalue weighted by Crippen LogP contribution is 2.02. The number of aliphatic hydroxyl groups is 2. The number of carbonyl (C=O) groups is 1. The molecule has 1 atom stereocenters. The number of rotatable bonds is 4. The third-order valence-corrected chi connectivity index (χ3v) is 1.08. The van der Waals surface area contributed by atoms with Crippen molar-refractivity contribution in [1.82, 2.24) is 0 Å². The Bertz CT molecular complexity index is 141. The van der Waals surface area contributed by atoms with E-state index in [1.54, 1.807) is 0 Å². The fourth-order valence-corrected chi connectivity index (χ4v) is 0.439. The number of aliphatic hydroxyl groups excluding tert-OH is 2. The molecule has 0 aliphatic rings. The summed E-state index contributed by atoms with van der Waals surface area (Å²) in [6, 6.07) is 0. The molecule has 0 aromatic heterocycles. The summed E-state index contributed by atoms with van der Waals surface area (Å²) in [5.74, 6) is -1.24. The predicted octanol–water partition coefficient (Wildman–Crippen LogP) is -0.629. The zero-order valence-corrected chi connectivity index (χ0v) is 5.45. The quantitative estimate of drug-likeness (QED) is 0.461. The zero-order chi connectivity index (χ0) is 8.15. The van der Waals surface area contributed by atoms with E-state index in [-0.39, 0.29) is 18.6 Å². The van der Waals surface area contributed by atoms with Crippen LogP contribution in [0.2, 0.25) is 0 Å². The molecule has 0 aliphatic heterocycles. The van der Waals surface area contributed by atoms with Gasteiger partial charge >= 0.3 is 5.97 Å². The Morgan fingerprint density at radius 2 is 2.10 bits per heavy atom. The fourth-order valence-electron chi connectivity index (χ4n) is 0.439. The Morgan fingerprint density at radius 1 is 1.60 bits per heavy atom. The molecule has 0 rings (SSSR count). The lowest BCUT2D eigenvalue weighted by atomic mass is 10.1. The van der Waals surface area contributed by atoms with Crippen LogP contribution in [0.5, 0.6) is 0 Å². The van der Waals surface area contributed by atoms with Crippen LogP contribution >= 0.6 is 0 Å². The van der Waals surface area contributed by atoms with Crippen LogP contribution in [0, 0.1) is 0 Å². The fraction of sp³-hybridized carbons (Fsp3) is 0.500. The molecule has 58 valence electrons. The number of carboxylic acids is 1. The van der Waals surface area contributed by atoms with Gasteiger partial charge in [-0.2, -0.15) is 0 Å². The Hall–Kier alpha value is -0.870. The van der Waals surface area contributed by atoms with Crippen LogP contribution in [0.3, 0.4) is 0 Å². The molecular formula is C6H10O4. The van der Waals surface area contributed by atoms with Gasteiger partial charge in [-0.05, 0) is 0 Å². The number of aliphatic carboxylic acids is 1. The van der Waals surface area contributed by atoms with E-state index in [0.29, 0.717) is 0 Å². The predicted molar refractivity (Wildman–Crippen MR) is 34.5 cm³/mol. The van der Waals surface area contributed by atoms with Crippen LogP contribution in [0.15, 0.2) is 12.2 Å². The standard InChI is InChI=1S/C6H10O4/c1-4(6(9)10)5(8)2-3-7/h5,7-8H,1-3H2,(H,9,10). The SMILES string of the molecule is C=C(C(=O)O)C(O)CCO. The summed E-state index contributed by atoms with van der Waals surface area (Å²) in [6.45, 7) is 2.87. The van der Waals surface area contributed by atoms with Crippen molar-refractivity contribution in [1.29, 1.82) is 0 Å². The average molecular weight is 146 g/mol. The minimum Gasteiger partial charge on any atom is -0.478 e. The molecule has 0 aromatic rings. The van der Waals surface area contributed by atoms with Crippen molar-refractivity contribution in [3.63, 3.8) is 0 Å². The van der Waals surface area contributed by atoms with Gasteiger partial charge in [-0.25, -0.2) is 4.79 Å². The van der Waals surface area contributed by atoms with E-state index in [2.05, 4.69) is 6.58 Å². The van der Waals surface area contributed by atoms with Gasteiger partial charge in [0.25, 0.3) is 0 Å². The summed E-state index contributed by atoms with van der Waals surface area (Å²) in [4.78, 5) is 10.1. The van der Waals surface area contributed by atoms with Crippen molar-refractivity contribution < 1.29 is 20.1 Å². The van der Waals surface area contributed by atoms with Crippen molar-refractivity contribution in [2.75, 3.05) is 6.61 Å². The number of carboxylic acid groups (broad SMARTS) is 1. The minimum atomic E-state index is -1.24. The van der Waals surface area contributed by atoms with E-state index >= 15 is 0 Å². The molecular weight excluding hydrogens is 136 g/mol. The summed E-state index contributed by atoms with van der Waals surface area (Å²) < 4.78 is 0. The van der Waals surface area contributed by atoms with Crippen LogP contribution < -0.4 is 0 Å². The molecule has 3 N–H and O–H groups in total. The van der Waals surface area contributed by atoms with Gasteiger partial charge in [-0.3, -0.25) is 0 Å². The summed E-state index contributed by atoms with van der Waals surface area (Å²) in [5, 5.41) is 25.4. The third-order valence-electron chi connectivity index (χ3n) is 1.08. The molecule has 0 bridgehead atoms. The second-order valence-electron chi connectivity index (χ2n) is 1.86. The summed E-state index contributed by atoms with van der Waals surface area (Å²) >= 11 is 0. The van der Waals surface area contributed by atoms with Gasteiger partial charge < -0.3 is 15.3 Å². The minimum absolute atomic E-state index is 0.0190. The highest BCUT2D eigenvalue weighted by atomic mass is 16.4. The van der Waals surface area contributed by atoms with E-state index in [1.165, 1.54) is 0 Å². The van der Waals surface area contributed by atoms with E-state index in [4.69, 9.17) is 15.3 Å². The van der Waals surface area contributed by atoms with E-state index in [1.807, 2.05) is 0 Å². The highest BCUT2D eigenvalue weighted by Gasteiger charge is 2.13. The topological polar surface area (TPSA) is 77.8 Å². The van der Waals surface area contributed by atoms with Crippen molar-refractivity contribution in [3.05, 3.63) is 12.2 Å². The highest BCUT2D eigenvalue weighted by molar-refractivity contribution is 5.86. The maximum absolute atomic E-state index is 10.1. The van der Waals surface area contributed by atoms with Gasteiger partial charge in [0, 0.05) is 13.0 Å². The second-order valence-corrected chi connectivity index (χ2v) is 1.86. The lowest BCUT2D eigenvalue weighted by Crippen LogP contribution is -2.17. The normalized spacial score (nSPS) is 12.6. The van der Waals surface area contributed by atoms with Gasteiger partial charge in [0.1, 0.15) is 0 Å². The molecule has 0 heterocycles. The first-order valence-corrected chi connectivity index (χ1v) is 2.80. The Labute approximate surface area is 58.4 Å². The van der Waals surface area contributed by atoms with Gasteiger partial charge in [0.15, 0.2) is 0 Å². The van der Waals surface area contributed by atoms with Gasteiger partial charge in [0.05, 0.1) is 11.7 Å². The molecule has 0 saturated heterocycles. The van der Waals surface area contributed by atoms with Crippen LogP contribution in [0.4, 0.5) is 0 Å². The number of hydrogen-bond donors (Lipinski definition) is 3. The lowest BCUT2D eigenvalue weighted by Gasteiger charge is -2.06. The average Bonchev–Trinajstić information content (AvgIpc) is 1.87. The van der Waals surface area contributed by atoms with Crippen molar-refractivity contribution in [2.45, 2.75) is 12.5 Å². The molecule has 10 heavy (non-hydrogen) atoms. The summed E-state index contributed by atoms with van der Waals surface area (Å²) in [6.07, 6.45) is -1.12. The molecule has 0 fully saturated rings. The van der Waals surface area contributed by atoms with Crippen molar-refractivity contribution in [2.24, 2.45) is 0 Å². The monoisotopic (exact) mass is 146 g/mol. The van der Waals surface area contributed by atoms with Gasteiger partial charge in [-0.1, -0.05) is 6.58 Å².